The van der Waals surface area contributed by atoms with Gasteiger partial charge in [-0.15, -0.1) is 0 Å². The van der Waals surface area contributed by atoms with Gasteiger partial charge in [0.2, 0.25) is 5.91 Å². The number of nitrogens with one attached hydrogen (secondary N) is 1. The molecule has 0 fully saturated rings. The van der Waals surface area contributed by atoms with Gasteiger partial charge in [-0.05, 0) is 44.0 Å². The highest BCUT2D eigenvalue weighted by Gasteiger charge is 2.11. The third kappa shape index (κ3) is 3.84. The minimum absolute atomic E-state index is 0.135. The lowest BCUT2D eigenvalue weighted by Gasteiger charge is -2.20. The van der Waals surface area contributed by atoms with Crippen LogP contribution in [0.15, 0.2) is 12.1 Å². The Hall–Kier alpha value is -1.35. The van der Waals surface area contributed by atoms with Gasteiger partial charge in [0.1, 0.15) is 0 Å². The van der Waals surface area contributed by atoms with Crippen LogP contribution in [-0.4, -0.2) is 30.9 Å². The van der Waals surface area contributed by atoms with Gasteiger partial charge in [-0.2, -0.15) is 0 Å². The van der Waals surface area contributed by atoms with Crippen molar-refractivity contribution in [1.29, 1.82) is 0 Å². The van der Waals surface area contributed by atoms with E-state index in [-0.39, 0.29) is 5.91 Å². The molecule has 18 heavy (non-hydrogen) atoms. The Bertz CT molecular complexity index is 403. The van der Waals surface area contributed by atoms with E-state index in [1.807, 2.05) is 14.0 Å². The molecular weight excluding hydrogens is 224 g/mol. The molecule has 0 heterocycles. The Kier molecular flexibility index (Phi) is 5.35. The van der Waals surface area contributed by atoms with Crippen LogP contribution in [0, 0.1) is 20.8 Å². The van der Waals surface area contributed by atoms with Crippen LogP contribution in [0.25, 0.3) is 0 Å². The number of benzene rings is 1. The van der Waals surface area contributed by atoms with Gasteiger partial charge in [0, 0.05) is 13.6 Å². The third-order valence-corrected chi connectivity index (χ3v) is 3.19. The number of amides is 1. The van der Waals surface area contributed by atoms with Gasteiger partial charge in [-0.3, -0.25) is 4.79 Å². The first-order valence-electron chi connectivity index (χ1n) is 6.47. The summed E-state index contributed by atoms with van der Waals surface area (Å²) < 4.78 is 0. The lowest BCUT2D eigenvalue weighted by Crippen LogP contribution is -2.35. The fraction of sp³-hybridized carbons (Fsp3) is 0.533. The first-order valence-corrected chi connectivity index (χ1v) is 6.47. The summed E-state index contributed by atoms with van der Waals surface area (Å²) in [5, 5.41) is 3.06. The molecular formula is C15H24N2O. The number of aryl methyl sites for hydroxylation is 3. The fourth-order valence-electron chi connectivity index (χ4n) is 2.15. The average molecular weight is 248 g/mol. The van der Waals surface area contributed by atoms with Gasteiger partial charge in [-0.1, -0.05) is 24.6 Å². The zero-order chi connectivity index (χ0) is 13.7. The molecule has 0 unspecified atom stereocenters. The van der Waals surface area contributed by atoms with E-state index in [9.17, 15) is 4.79 Å². The lowest BCUT2D eigenvalue weighted by molar-refractivity contribution is -0.129. The smallest absolute Gasteiger partial charge is 0.236 e. The number of hydrogen-bond donors (Lipinski definition) is 1. The standard InChI is InChI=1S/C15H24N2O/c1-6-16-9-15(18)17(5)10-14-12(3)7-11(2)8-13(14)4/h7-8,16H,6,9-10H2,1-5H3. The molecule has 0 spiro atoms. The summed E-state index contributed by atoms with van der Waals surface area (Å²) in [4.78, 5) is 13.6. The molecule has 0 aliphatic heterocycles. The molecule has 1 aromatic rings. The largest absolute Gasteiger partial charge is 0.340 e. The van der Waals surface area contributed by atoms with Crippen LogP contribution < -0.4 is 5.32 Å². The number of rotatable bonds is 5. The van der Waals surface area contributed by atoms with Crippen molar-refractivity contribution in [3.05, 3.63) is 34.4 Å². The van der Waals surface area contributed by atoms with Gasteiger partial charge in [0.15, 0.2) is 0 Å². The van der Waals surface area contributed by atoms with E-state index in [2.05, 4.69) is 38.2 Å². The summed E-state index contributed by atoms with van der Waals surface area (Å²) >= 11 is 0. The van der Waals surface area contributed by atoms with Crippen molar-refractivity contribution < 1.29 is 4.79 Å². The van der Waals surface area contributed by atoms with Crippen molar-refractivity contribution in [1.82, 2.24) is 10.2 Å². The van der Waals surface area contributed by atoms with Gasteiger partial charge in [0.25, 0.3) is 0 Å². The van der Waals surface area contributed by atoms with Crippen LogP contribution >= 0.6 is 0 Å². The molecule has 1 N–H and O–H groups in total. The molecule has 1 rings (SSSR count). The molecule has 1 aromatic carbocycles. The number of nitrogens with zero attached hydrogens (tertiary/aromatic N) is 1. The summed E-state index contributed by atoms with van der Waals surface area (Å²) in [7, 11) is 1.86. The Morgan fingerprint density at radius 2 is 1.78 bits per heavy atom. The lowest BCUT2D eigenvalue weighted by atomic mass is 9.99. The Morgan fingerprint density at radius 1 is 1.22 bits per heavy atom. The first-order chi connectivity index (χ1) is 8.45. The zero-order valence-corrected chi connectivity index (χ0v) is 12.1. The van der Waals surface area contributed by atoms with Gasteiger partial charge >= 0.3 is 0 Å². The van der Waals surface area contributed by atoms with Crippen LogP contribution in [0.3, 0.4) is 0 Å². The summed E-state index contributed by atoms with van der Waals surface area (Å²) in [5.74, 6) is 0.135. The monoisotopic (exact) mass is 248 g/mol. The average Bonchev–Trinajstić information content (AvgIpc) is 2.30. The van der Waals surface area contributed by atoms with Crippen molar-refractivity contribution in [3.8, 4) is 0 Å². The molecule has 0 saturated carbocycles. The second-order valence-corrected chi connectivity index (χ2v) is 4.91. The molecule has 3 heteroatoms. The van der Waals surface area contributed by atoms with Gasteiger partial charge < -0.3 is 10.2 Å². The van der Waals surface area contributed by atoms with E-state index in [0.29, 0.717) is 13.1 Å². The number of carbonyl (C=O) groups excluding carboxylic acids is 1. The predicted molar refractivity (Wildman–Crippen MR) is 75.7 cm³/mol. The highest BCUT2D eigenvalue weighted by atomic mass is 16.2. The van der Waals surface area contributed by atoms with Gasteiger partial charge in [0.05, 0.1) is 6.54 Å². The maximum Gasteiger partial charge on any atom is 0.236 e. The Balaban J connectivity index is 2.75. The Morgan fingerprint density at radius 3 is 2.28 bits per heavy atom. The second kappa shape index (κ2) is 6.55. The van der Waals surface area contributed by atoms with E-state index >= 15 is 0 Å². The van der Waals surface area contributed by atoms with Crippen molar-refractivity contribution >= 4 is 5.91 Å². The van der Waals surface area contributed by atoms with Crippen LogP contribution in [0.1, 0.15) is 29.2 Å². The minimum atomic E-state index is 0.135. The molecule has 3 nitrogen and oxygen atoms in total. The topological polar surface area (TPSA) is 32.3 Å². The maximum absolute atomic E-state index is 11.9. The summed E-state index contributed by atoms with van der Waals surface area (Å²) in [6.45, 7) is 10.2. The molecule has 0 atom stereocenters. The maximum atomic E-state index is 11.9. The number of likely N-dealkylation sites (N-methyl/N-ethyl adjacent to an activating group) is 2. The van der Waals surface area contributed by atoms with Crippen molar-refractivity contribution in [2.75, 3.05) is 20.1 Å². The molecule has 0 aliphatic rings. The molecule has 0 saturated heterocycles. The molecule has 100 valence electrons. The number of hydrogen-bond acceptors (Lipinski definition) is 2. The van der Waals surface area contributed by atoms with E-state index in [1.54, 1.807) is 4.90 Å². The number of carbonyl (C=O) groups is 1. The normalized spacial score (nSPS) is 10.5. The highest BCUT2D eigenvalue weighted by molar-refractivity contribution is 5.78. The molecule has 0 aliphatic carbocycles. The van der Waals surface area contributed by atoms with E-state index in [0.717, 1.165) is 6.54 Å². The quantitative estimate of drug-likeness (QED) is 0.866. The first kappa shape index (κ1) is 14.7. The van der Waals surface area contributed by atoms with Crippen LogP contribution in [0.5, 0.6) is 0 Å². The minimum Gasteiger partial charge on any atom is -0.340 e. The highest BCUT2D eigenvalue weighted by Crippen LogP contribution is 2.17. The molecule has 1 amide bonds. The van der Waals surface area contributed by atoms with Crippen molar-refractivity contribution in [2.24, 2.45) is 0 Å². The summed E-state index contributed by atoms with van der Waals surface area (Å²) in [5.41, 5.74) is 5.05. The Labute approximate surface area is 110 Å². The van der Waals surface area contributed by atoms with Gasteiger partial charge in [-0.25, -0.2) is 0 Å². The zero-order valence-electron chi connectivity index (χ0n) is 12.1. The fourth-order valence-corrected chi connectivity index (χ4v) is 2.15. The summed E-state index contributed by atoms with van der Waals surface area (Å²) in [6, 6.07) is 4.34. The third-order valence-electron chi connectivity index (χ3n) is 3.19. The second-order valence-electron chi connectivity index (χ2n) is 4.91. The molecule has 0 bridgehead atoms. The van der Waals surface area contributed by atoms with E-state index in [4.69, 9.17) is 0 Å². The van der Waals surface area contributed by atoms with Crippen molar-refractivity contribution in [3.63, 3.8) is 0 Å². The predicted octanol–water partition coefficient (Wildman–Crippen LogP) is 2.18. The summed E-state index contributed by atoms with van der Waals surface area (Å²) in [6.07, 6.45) is 0. The SMILES string of the molecule is CCNCC(=O)N(C)Cc1c(C)cc(C)cc1C. The van der Waals surface area contributed by atoms with E-state index < -0.39 is 0 Å². The molecule has 0 radical (unpaired) electrons. The van der Waals surface area contributed by atoms with Crippen LogP contribution in [-0.2, 0) is 11.3 Å². The van der Waals surface area contributed by atoms with E-state index in [1.165, 1.54) is 22.3 Å². The van der Waals surface area contributed by atoms with Crippen LogP contribution in [0.2, 0.25) is 0 Å². The van der Waals surface area contributed by atoms with Crippen molar-refractivity contribution in [2.45, 2.75) is 34.2 Å². The van der Waals surface area contributed by atoms with Crippen LogP contribution in [0.4, 0.5) is 0 Å². The molecule has 0 aromatic heterocycles.